The van der Waals surface area contributed by atoms with E-state index in [-0.39, 0.29) is 25.9 Å². The molecule has 87 heavy (non-hydrogen) atoms. The highest BCUT2D eigenvalue weighted by molar-refractivity contribution is 5.74. The van der Waals surface area contributed by atoms with Crippen molar-refractivity contribution >= 4 is 23.9 Å². The fraction of sp³-hybridized carbons (Fsp3) is 0.813. The van der Waals surface area contributed by atoms with Crippen molar-refractivity contribution in [3.8, 4) is 0 Å². The first kappa shape index (κ1) is 81.4. The van der Waals surface area contributed by atoms with Crippen LogP contribution in [-0.2, 0) is 42.9 Å². The molecule has 0 aromatic rings. The van der Waals surface area contributed by atoms with Gasteiger partial charge in [0, 0.05) is 19.3 Å². The molecular formula is C75H132O12. The fourth-order valence-corrected chi connectivity index (χ4v) is 11.0. The molecule has 0 amide bonds. The standard InChI is InChI=1S/C75H132O12/c1-4-7-10-13-16-19-22-25-28-31-34-37-40-43-46-49-52-55-58-61-67(76)83-64-66(85-68(77)62-59-56-53-50-47-44-41-38-35-32-29-26-23-20-17-14-11-8-5-2)65-84-75-73(71(80)70(79)72(87-75)74(81)82)86-69(78)63-60-57-54-51-48-45-42-39-36-33-30-27-24-21-18-15-12-9-6-3/h16,18-19,21,25,27-28,30,34,37,66,70-73,75,79-80H,4-15,17,20,22-24,26,29,31-33,35-36,38-65H2,1-3H3,(H,81,82)/b19-16-,21-18-,28-25-,30-27-,37-34-. The number of allylic oxidation sites excluding steroid dienone is 10. The van der Waals surface area contributed by atoms with E-state index >= 15 is 0 Å². The number of carboxylic acids is 1. The van der Waals surface area contributed by atoms with Crippen LogP contribution in [0.15, 0.2) is 60.8 Å². The van der Waals surface area contributed by atoms with Crippen molar-refractivity contribution in [3.05, 3.63) is 60.8 Å². The summed E-state index contributed by atoms with van der Waals surface area (Å²) in [5.74, 6) is -3.11. The molecule has 1 heterocycles. The number of hydrogen-bond donors (Lipinski definition) is 3. The summed E-state index contributed by atoms with van der Waals surface area (Å²) in [6.07, 6.45) is 67.4. The second-order valence-corrected chi connectivity index (χ2v) is 24.9. The number of aliphatic hydroxyl groups is 2. The molecule has 6 atom stereocenters. The lowest BCUT2D eigenvalue weighted by Crippen LogP contribution is -2.61. The Morgan fingerprint density at radius 2 is 0.690 bits per heavy atom. The molecule has 0 aromatic carbocycles. The minimum atomic E-state index is -1.91. The maximum Gasteiger partial charge on any atom is 0.335 e. The summed E-state index contributed by atoms with van der Waals surface area (Å²) in [6, 6.07) is 0. The molecule has 1 fully saturated rings. The molecule has 12 heteroatoms. The van der Waals surface area contributed by atoms with E-state index in [2.05, 4.69) is 81.5 Å². The third kappa shape index (κ3) is 51.8. The molecule has 0 saturated carbocycles. The zero-order chi connectivity index (χ0) is 63.1. The summed E-state index contributed by atoms with van der Waals surface area (Å²) in [6.45, 7) is 6.00. The van der Waals surface area contributed by atoms with Crippen LogP contribution in [0.25, 0.3) is 0 Å². The lowest BCUT2D eigenvalue weighted by atomic mass is 9.98. The molecule has 0 spiro atoms. The topological polar surface area (TPSA) is 175 Å². The fourth-order valence-electron chi connectivity index (χ4n) is 11.0. The van der Waals surface area contributed by atoms with Gasteiger partial charge in [-0.05, 0) is 89.9 Å². The van der Waals surface area contributed by atoms with E-state index in [0.29, 0.717) is 19.3 Å². The third-order valence-corrected chi connectivity index (χ3v) is 16.6. The molecule has 504 valence electrons. The third-order valence-electron chi connectivity index (χ3n) is 16.6. The molecule has 1 saturated heterocycles. The van der Waals surface area contributed by atoms with Crippen molar-refractivity contribution in [1.29, 1.82) is 0 Å². The molecule has 0 aromatic heterocycles. The SMILES string of the molecule is CCCCC/C=C\C/C=C\C/C=C\CCCCCCCCC(=O)OCC(COC1OC(C(=O)O)C(O)C(O)C1OC(=O)CCCCCCCCCCC/C=C\C/C=C\CCCCC)OC(=O)CCCCCCCCCCCCCCCCCCCCC. The minimum absolute atomic E-state index is 0.0556. The van der Waals surface area contributed by atoms with E-state index in [1.165, 1.54) is 173 Å². The number of ether oxygens (including phenoxy) is 5. The molecular weight excluding hydrogens is 1090 g/mol. The maximum absolute atomic E-state index is 13.3. The van der Waals surface area contributed by atoms with Gasteiger partial charge in [0.25, 0.3) is 0 Å². The number of carboxylic acid groups (broad SMARTS) is 1. The predicted molar refractivity (Wildman–Crippen MR) is 359 cm³/mol. The Kier molecular flexibility index (Phi) is 58.6. The first-order valence-corrected chi connectivity index (χ1v) is 36.3. The van der Waals surface area contributed by atoms with Crippen molar-refractivity contribution in [2.24, 2.45) is 0 Å². The number of hydrogen-bond acceptors (Lipinski definition) is 11. The van der Waals surface area contributed by atoms with Crippen molar-refractivity contribution in [2.75, 3.05) is 13.2 Å². The van der Waals surface area contributed by atoms with Crippen LogP contribution in [0, 0.1) is 0 Å². The summed E-state index contributed by atoms with van der Waals surface area (Å²) in [5.41, 5.74) is 0. The molecule has 0 bridgehead atoms. The van der Waals surface area contributed by atoms with Gasteiger partial charge in [0.1, 0.15) is 18.8 Å². The van der Waals surface area contributed by atoms with Gasteiger partial charge in [-0.1, -0.05) is 293 Å². The first-order valence-electron chi connectivity index (χ1n) is 36.3. The molecule has 1 aliphatic rings. The molecule has 12 nitrogen and oxygen atoms in total. The highest BCUT2D eigenvalue weighted by atomic mass is 16.7. The monoisotopic (exact) mass is 1220 g/mol. The van der Waals surface area contributed by atoms with E-state index in [4.69, 9.17) is 23.7 Å². The van der Waals surface area contributed by atoms with Crippen LogP contribution in [0.2, 0.25) is 0 Å². The van der Waals surface area contributed by atoms with Gasteiger partial charge in [-0.15, -0.1) is 0 Å². The van der Waals surface area contributed by atoms with Crippen molar-refractivity contribution in [3.63, 3.8) is 0 Å². The van der Waals surface area contributed by atoms with Crippen molar-refractivity contribution in [2.45, 2.75) is 379 Å². The Morgan fingerprint density at radius 1 is 0.379 bits per heavy atom. The van der Waals surface area contributed by atoms with Crippen LogP contribution in [-0.4, -0.2) is 89.2 Å². The van der Waals surface area contributed by atoms with Gasteiger partial charge in [-0.3, -0.25) is 14.4 Å². The Hall–Kier alpha value is -3.58. The van der Waals surface area contributed by atoms with Gasteiger partial charge in [0.05, 0.1) is 6.61 Å². The van der Waals surface area contributed by atoms with Crippen molar-refractivity contribution < 1.29 is 58.2 Å². The number of unbranched alkanes of at least 4 members (excludes halogenated alkanes) is 39. The zero-order valence-electron chi connectivity index (χ0n) is 56.0. The summed E-state index contributed by atoms with van der Waals surface area (Å²) in [4.78, 5) is 51.6. The van der Waals surface area contributed by atoms with E-state index in [1.807, 2.05) is 0 Å². The molecule has 1 rings (SSSR count). The van der Waals surface area contributed by atoms with Crippen LogP contribution in [0.4, 0.5) is 0 Å². The zero-order valence-corrected chi connectivity index (χ0v) is 56.0. The van der Waals surface area contributed by atoms with Gasteiger partial charge in [-0.2, -0.15) is 0 Å². The number of rotatable bonds is 63. The Balaban J connectivity index is 2.63. The average Bonchev–Trinajstić information content (AvgIpc) is 2.56. The minimum Gasteiger partial charge on any atom is -0.479 e. The Bertz CT molecular complexity index is 1740. The van der Waals surface area contributed by atoms with Crippen LogP contribution in [0.5, 0.6) is 0 Å². The van der Waals surface area contributed by atoms with E-state index in [0.717, 1.165) is 109 Å². The van der Waals surface area contributed by atoms with Crippen LogP contribution in [0.1, 0.15) is 342 Å². The second kappa shape index (κ2) is 62.6. The lowest BCUT2D eigenvalue weighted by molar-refractivity contribution is -0.301. The number of carbonyl (C=O) groups excluding carboxylic acids is 3. The Morgan fingerprint density at radius 3 is 1.07 bits per heavy atom. The number of esters is 3. The second-order valence-electron chi connectivity index (χ2n) is 24.9. The summed E-state index contributed by atoms with van der Waals surface area (Å²) >= 11 is 0. The summed E-state index contributed by atoms with van der Waals surface area (Å²) in [7, 11) is 0. The lowest BCUT2D eigenvalue weighted by Gasteiger charge is -2.40. The highest BCUT2D eigenvalue weighted by Gasteiger charge is 2.50. The first-order chi connectivity index (χ1) is 42.6. The smallest absolute Gasteiger partial charge is 0.335 e. The van der Waals surface area contributed by atoms with Gasteiger partial charge >= 0.3 is 23.9 Å². The van der Waals surface area contributed by atoms with Crippen LogP contribution in [0.3, 0.4) is 0 Å². The maximum atomic E-state index is 13.3. The van der Waals surface area contributed by atoms with E-state index in [1.54, 1.807) is 0 Å². The summed E-state index contributed by atoms with van der Waals surface area (Å²) in [5, 5.41) is 31.7. The van der Waals surface area contributed by atoms with Crippen molar-refractivity contribution in [1.82, 2.24) is 0 Å². The number of aliphatic carboxylic acids is 1. The van der Waals surface area contributed by atoms with Crippen LogP contribution >= 0.6 is 0 Å². The molecule has 0 aliphatic carbocycles. The highest BCUT2D eigenvalue weighted by Crippen LogP contribution is 2.27. The normalized spacial score (nSPS) is 17.6. The largest absolute Gasteiger partial charge is 0.479 e. The van der Waals surface area contributed by atoms with Gasteiger partial charge in [0.15, 0.2) is 24.6 Å². The molecule has 6 unspecified atom stereocenters. The molecule has 0 radical (unpaired) electrons. The molecule has 3 N–H and O–H groups in total. The van der Waals surface area contributed by atoms with Crippen LogP contribution < -0.4 is 0 Å². The number of aliphatic hydroxyl groups excluding tert-OH is 2. The van der Waals surface area contributed by atoms with Gasteiger partial charge in [0.2, 0.25) is 0 Å². The predicted octanol–water partition coefficient (Wildman–Crippen LogP) is 20.2. The average molecular weight is 1230 g/mol. The molecule has 1 aliphatic heterocycles. The van der Waals surface area contributed by atoms with E-state index < -0.39 is 67.3 Å². The Labute approximate surface area is 532 Å². The van der Waals surface area contributed by atoms with Gasteiger partial charge < -0.3 is 39.0 Å². The quantitative estimate of drug-likeness (QED) is 0.0228. The number of carbonyl (C=O) groups is 4. The van der Waals surface area contributed by atoms with E-state index in [9.17, 15) is 34.5 Å². The van der Waals surface area contributed by atoms with Gasteiger partial charge in [-0.25, -0.2) is 4.79 Å². The summed E-state index contributed by atoms with van der Waals surface area (Å²) < 4.78 is 28.7.